The van der Waals surface area contributed by atoms with Gasteiger partial charge in [0.1, 0.15) is 0 Å². The van der Waals surface area contributed by atoms with Crippen LogP contribution in [0, 0.1) is 0 Å². The van der Waals surface area contributed by atoms with E-state index in [4.69, 9.17) is 0 Å². The Morgan fingerprint density at radius 1 is 1.13 bits per heavy atom. The van der Waals surface area contributed by atoms with Crippen LogP contribution in [0.4, 0.5) is 5.69 Å². The molecule has 124 valence electrons. The average molecular weight is 380 g/mol. The van der Waals surface area contributed by atoms with Gasteiger partial charge in [0.2, 0.25) is 5.91 Å². The molecule has 1 unspecified atom stereocenters. The number of imide groups is 1. The van der Waals surface area contributed by atoms with E-state index in [-0.39, 0.29) is 24.3 Å². The van der Waals surface area contributed by atoms with E-state index in [0.29, 0.717) is 11.7 Å². The number of nitrogens with zero attached hydrogens (tertiary/aromatic N) is 3. The molecule has 6 heteroatoms. The van der Waals surface area contributed by atoms with Crippen molar-refractivity contribution in [3.8, 4) is 0 Å². The number of amides is 2. The van der Waals surface area contributed by atoms with Crippen LogP contribution in [0.2, 0.25) is 0 Å². The number of likely N-dealkylation sites (tertiary alicyclic amines) is 1. The normalized spacial score (nSPS) is 24.0. The Morgan fingerprint density at radius 3 is 2.35 bits per heavy atom. The predicted octanol–water partition coefficient (Wildman–Crippen LogP) is 2.11. The van der Waals surface area contributed by atoms with Gasteiger partial charge in [0.05, 0.1) is 18.2 Å². The highest BCUT2D eigenvalue weighted by molar-refractivity contribution is 9.10. The fourth-order valence-corrected chi connectivity index (χ4v) is 3.72. The lowest BCUT2D eigenvalue weighted by atomic mass is 10.0. The third kappa shape index (κ3) is 3.34. The number of hydrogen-bond acceptors (Lipinski definition) is 4. The highest BCUT2D eigenvalue weighted by Crippen LogP contribution is 2.28. The van der Waals surface area contributed by atoms with Crippen LogP contribution in [0.3, 0.4) is 0 Å². The first-order chi connectivity index (χ1) is 11.0. The van der Waals surface area contributed by atoms with Gasteiger partial charge in [-0.05, 0) is 64.3 Å². The molecule has 0 spiro atoms. The van der Waals surface area contributed by atoms with Crippen molar-refractivity contribution >= 4 is 33.4 Å². The molecule has 2 saturated heterocycles. The maximum atomic E-state index is 12.8. The van der Waals surface area contributed by atoms with Gasteiger partial charge in [-0.2, -0.15) is 0 Å². The summed E-state index contributed by atoms with van der Waals surface area (Å²) in [4.78, 5) is 30.9. The number of likely N-dealkylation sites (N-methyl/N-ethyl adjacent to an activating group) is 1. The topological polar surface area (TPSA) is 43.9 Å². The van der Waals surface area contributed by atoms with Gasteiger partial charge in [-0.25, -0.2) is 4.90 Å². The van der Waals surface area contributed by atoms with Crippen molar-refractivity contribution in [2.45, 2.75) is 31.3 Å². The molecule has 2 heterocycles. The molecule has 0 N–H and O–H groups in total. The van der Waals surface area contributed by atoms with Crippen molar-refractivity contribution in [1.82, 2.24) is 9.80 Å². The van der Waals surface area contributed by atoms with E-state index in [1.165, 1.54) is 4.90 Å². The molecule has 2 aliphatic rings. The first-order valence-corrected chi connectivity index (χ1v) is 8.79. The Balaban J connectivity index is 1.74. The van der Waals surface area contributed by atoms with Gasteiger partial charge in [0.25, 0.3) is 5.91 Å². The van der Waals surface area contributed by atoms with Crippen LogP contribution in [0.25, 0.3) is 0 Å². The van der Waals surface area contributed by atoms with E-state index >= 15 is 0 Å². The van der Waals surface area contributed by atoms with E-state index in [2.05, 4.69) is 32.8 Å². The van der Waals surface area contributed by atoms with Crippen LogP contribution < -0.4 is 4.90 Å². The molecule has 0 radical (unpaired) electrons. The molecule has 0 aromatic heterocycles. The van der Waals surface area contributed by atoms with E-state index < -0.39 is 0 Å². The zero-order chi connectivity index (χ0) is 16.6. The zero-order valence-electron chi connectivity index (χ0n) is 13.5. The van der Waals surface area contributed by atoms with Gasteiger partial charge in [0.15, 0.2) is 0 Å². The molecule has 5 nitrogen and oxygen atoms in total. The summed E-state index contributed by atoms with van der Waals surface area (Å²) in [5.74, 6) is -0.208. The summed E-state index contributed by atoms with van der Waals surface area (Å²) < 4.78 is 0.931. The highest BCUT2D eigenvalue weighted by atomic mass is 79.9. The molecular weight excluding hydrogens is 358 g/mol. The Labute approximate surface area is 145 Å². The van der Waals surface area contributed by atoms with E-state index in [1.54, 1.807) is 12.1 Å². The third-order valence-electron chi connectivity index (χ3n) is 4.96. The van der Waals surface area contributed by atoms with Crippen molar-refractivity contribution in [2.75, 3.05) is 32.1 Å². The quantitative estimate of drug-likeness (QED) is 0.754. The van der Waals surface area contributed by atoms with Gasteiger partial charge in [-0.15, -0.1) is 0 Å². The maximum absolute atomic E-state index is 12.8. The summed E-state index contributed by atoms with van der Waals surface area (Å²) in [7, 11) is 4.10. The van der Waals surface area contributed by atoms with Crippen molar-refractivity contribution < 1.29 is 9.59 Å². The number of carbonyl (C=O) groups is 2. The number of carbonyl (C=O) groups excluding carboxylic acids is 2. The van der Waals surface area contributed by atoms with Gasteiger partial charge in [-0.3, -0.25) is 14.5 Å². The first kappa shape index (κ1) is 16.6. The van der Waals surface area contributed by atoms with Crippen LogP contribution in [0.5, 0.6) is 0 Å². The summed E-state index contributed by atoms with van der Waals surface area (Å²) >= 11 is 3.38. The number of piperidine rings is 1. The molecule has 23 heavy (non-hydrogen) atoms. The van der Waals surface area contributed by atoms with Crippen molar-refractivity contribution in [2.24, 2.45) is 0 Å². The Morgan fingerprint density at radius 2 is 1.74 bits per heavy atom. The van der Waals surface area contributed by atoms with E-state index in [0.717, 1.165) is 30.4 Å². The molecule has 2 fully saturated rings. The molecule has 2 aliphatic heterocycles. The van der Waals surface area contributed by atoms with E-state index in [9.17, 15) is 9.59 Å². The molecule has 1 atom stereocenters. The van der Waals surface area contributed by atoms with Crippen molar-refractivity contribution in [3.63, 3.8) is 0 Å². The second-order valence-electron chi connectivity index (χ2n) is 6.46. The van der Waals surface area contributed by atoms with Crippen LogP contribution in [0.1, 0.15) is 19.3 Å². The van der Waals surface area contributed by atoms with Crippen molar-refractivity contribution in [1.29, 1.82) is 0 Å². The van der Waals surface area contributed by atoms with Crippen LogP contribution in [0.15, 0.2) is 28.7 Å². The monoisotopic (exact) mass is 379 g/mol. The molecule has 2 amide bonds. The lowest BCUT2D eigenvalue weighted by molar-refractivity contribution is -0.123. The fourth-order valence-electron chi connectivity index (χ4n) is 3.45. The Kier molecular flexibility index (Phi) is 4.85. The van der Waals surface area contributed by atoms with Crippen molar-refractivity contribution in [3.05, 3.63) is 28.7 Å². The fraction of sp³-hybridized carbons (Fsp3) is 0.529. The highest BCUT2D eigenvalue weighted by Gasteiger charge is 2.43. The summed E-state index contributed by atoms with van der Waals surface area (Å²) in [6.07, 6.45) is 2.37. The number of rotatable bonds is 3. The number of benzene rings is 1. The van der Waals surface area contributed by atoms with Gasteiger partial charge >= 0.3 is 0 Å². The molecular formula is C17H22BrN3O2. The van der Waals surface area contributed by atoms with E-state index in [1.807, 2.05) is 19.2 Å². The Hall–Kier alpha value is -1.24. The van der Waals surface area contributed by atoms with Gasteiger partial charge in [-0.1, -0.05) is 15.9 Å². The minimum atomic E-state index is -0.334. The lowest BCUT2D eigenvalue weighted by Gasteiger charge is -2.37. The molecule has 0 bridgehead atoms. The Bertz CT molecular complexity index is 596. The summed E-state index contributed by atoms with van der Waals surface area (Å²) in [6, 6.07) is 7.35. The summed E-state index contributed by atoms with van der Waals surface area (Å²) in [5.41, 5.74) is 0.655. The van der Waals surface area contributed by atoms with Crippen LogP contribution in [-0.2, 0) is 9.59 Å². The summed E-state index contributed by atoms with van der Waals surface area (Å²) in [6.45, 7) is 2.08. The molecule has 1 aromatic carbocycles. The molecule has 0 aliphatic carbocycles. The number of hydrogen-bond donors (Lipinski definition) is 0. The SMILES string of the molecule is CN1CCC(N(C)C2CC(=O)N(c3ccc(Br)cc3)C2=O)CC1. The second-order valence-corrected chi connectivity index (χ2v) is 7.38. The first-order valence-electron chi connectivity index (χ1n) is 8.00. The maximum Gasteiger partial charge on any atom is 0.251 e. The summed E-state index contributed by atoms with van der Waals surface area (Å²) in [5, 5.41) is 0. The van der Waals surface area contributed by atoms with Gasteiger partial charge < -0.3 is 4.90 Å². The largest absolute Gasteiger partial charge is 0.306 e. The molecule has 1 aromatic rings. The average Bonchev–Trinajstić information content (AvgIpc) is 2.83. The van der Waals surface area contributed by atoms with Crippen LogP contribution in [-0.4, -0.2) is 60.9 Å². The van der Waals surface area contributed by atoms with Crippen LogP contribution >= 0.6 is 15.9 Å². The second kappa shape index (κ2) is 6.71. The molecule has 3 rings (SSSR count). The number of anilines is 1. The smallest absolute Gasteiger partial charge is 0.251 e. The molecule has 0 saturated carbocycles. The predicted molar refractivity (Wildman–Crippen MR) is 93.3 cm³/mol. The standard InChI is InChI=1S/C17H22BrN3O2/c1-19-9-7-13(8-10-19)20(2)15-11-16(22)21(17(15)23)14-5-3-12(18)4-6-14/h3-6,13,15H,7-11H2,1-2H3. The lowest BCUT2D eigenvalue weighted by Crippen LogP contribution is -2.49. The zero-order valence-corrected chi connectivity index (χ0v) is 15.1. The minimum Gasteiger partial charge on any atom is -0.306 e. The van der Waals surface area contributed by atoms with Gasteiger partial charge in [0, 0.05) is 10.5 Å². The number of halogens is 1. The minimum absolute atomic E-state index is 0.0984. The third-order valence-corrected chi connectivity index (χ3v) is 5.49.